The van der Waals surface area contributed by atoms with Gasteiger partial charge in [-0.2, -0.15) is 0 Å². The van der Waals surface area contributed by atoms with Crippen LogP contribution in [0.3, 0.4) is 0 Å². The van der Waals surface area contributed by atoms with Gasteiger partial charge in [0.05, 0.1) is 23.3 Å². The molecule has 2 aliphatic carbocycles. The first-order valence-corrected chi connectivity index (χ1v) is 15.6. The summed E-state index contributed by atoms with van der Waals surface area (Å²) in [6.07, 6.45) is 5.49. The summed E-state index contributed by atoms with van der Waals surface area (Å²) in [6, 6.07) is 8.14. The van der Waals surface area contributed by atoms with Crippen LogP contribution in [-0.4, -0.2) is 71.7 Å². The van der Waals surface area contributed by atoms with Crippen molar-refractivity contribution in [1.82, 2.24) is 10.2 Å². The highest BCUT2D eigenvalue weighted by molar-refractivity contribution is 14.1. The van der Waals surface area contributed by atoms with Gasteiger partial charge in [0.15, 0.2) is 11.5 Å². The van der Waals surface area contributed by atoms with Crippen molar-refractivity contribution >= 4 is 40.7 Å². The van der Waals surface area contributed by atoms with Crippen LogP contribution < -0.4 is 14.8 Å². The van der Waals surface area contributed by atoms with Crippen LogP contribution in [0.2, 0.25) is 0 Å². The molecule has 2 aromatic rings. The maximum absolute atomic E-state index is 13.8. The molecule has 0 aliphatic heterocycles. The molecule has 0 spiro atoms. The van der Waals surface area contributed by atoms with Gasteiger partial charge in [-0.3, -0.25) is 14.4 Å². The van der Waals surface area contributed by atoms with Crippen molar-refractivity contribution in [3.05, 3.63) is 68.6 Å². The quantitative estimate of drug-likeness (QED) is 0.211. The van der Waals surface area contributed by atoms with Gasteiger partial charge >= 0.3 is 0 Å². The van der Waals surface area contributed by atoms with E-state index < -0.39 is 30.0 Å². The Hall–Kier alpha value is -3.03. The van der Waals surface area contributed by atoms with Crippen molar-refractivity contribution in [1.29, 1.82) is 0 Å². The highest BCUT2D eigenvalue weighted by Gasteiger charge is 2.41. The molecular formula is C32H38FIN2O7. The number of hydrogen-bond donors (Lipinski definition) is 3. The fraction of sp³-hybridized carbons (Fsp3) is 0.469. The van der Waals surface area contributed by atoms with Crippen LogP contribution in [-0.2, 0) is 16.1 Å². The normalized spacial score (nSPS) is 20.3. The Morgan fingerprint density at radius 3 is 2.56 bits per heavy atom. The highest BCUT2D eigenvalue weighted by atomic mass is 127. The molecule has 3 unspecified atom stereocenters. The number of nitrogens with zero attached hydrogens (tertiary/aromatic N) is 1. The third-order valence-electron chi connectivity index (χ3n) is 8.08. The number of aliphatic hydroxyl groups is 2. The Labute approximate surface area is 264 Å². The number of hydrogen-bond acceptors (Lipinski definition) is 7. The Kier molecular flexibility index (Phi) is 11.9. The number of amides is 2. The SMILES string of the molecule is COc1cc(C=O)cc(I)c1OC1C=C(C(=O)NCCO)CC(N(Cc2ccc(F)cc2)C(=O)CCC2CCCC2)C1O. The van der Waals surface area contributed by atoms with E-state index in [2.05, 4.69) is 5.32 Å². The minimum Gasteiger partial charge on any atom is -0.493 e. The second-order valence-corrected chi connectivity index (χ2v) is 12.2. The zero-order valence-electron chi connectivity index (χ0n) is 24.1. The van der Waals surface area contributed by atoms with Gasteiger partial charge in [-0.05, 0) is 70.8 Å². The summed E-state index contributed by atoms with van der Waals surface area (Å²) in [5, 5.41) is 23.7. The molecule has 2 aliphatic rings. The molecule has 0 aromatic heterocycles. The molecule has 1 saturated carbocycles. The summed E-state index contributed by atoms with van der Waals surface area (Å²) < 4.78 is 26.0. The Morgan fingerprint density at radius 2 is 1.91 bits per heavy atom. The molecule has 2 amide bonds. The highest BCUT2D eigenvalue weighted by Crippen LogP contribution is 2.37. The summed E-state index contributed by atoms with van der Waals surface area (Å²) in [7, 11) is 1.43. The van der Waals surface area contributed by atoms with E-state index in [1.165, 1.54) is 31.4 Å². The lowest BCUT2D eigenvalue weighted by Gasteiger charge is -2.41. The second-order valence-electron chi connectivity index (χ2n) is 11.0. The fourth-order valence-corrected chi connectivity index (χ4v) is 6.54. The van der Waals surface area contributed by atoms with Gasteiger partial charge in [0, 0.05) is 37.1 Å². The lowest BCUT2D eigenvalue weighted by atomic mass is 9.87. The topological polar surface area (TPSA) is 125 Å². The van der Waals surface area contributed by atoms with Crippen molar-refractivity contribution in [2.24, 2.45) is 5.92 Å². The number of aliphatic hydroxyl groups excluding tert-OH is 2. The molecule has 9 nitrogen and oxygen atoms in total. The predicted molar refractivity (Wildman–Crippen MR) is 166 cm³/mol. The van der Waals surface area contributed by atoms with Gasteiger partial charge in [-0.1, -0.05) is 37.8 Å². The van der Waals surface area contributed by atoms with Crippen LogP contribution in [0, 0.1) is 15.3 Å². The van der Waals surface area contributed by atoms with Crippen LogP contribution in [0.25, 0.3) is 0 Å². The van der Waals surface area contributed by atoms with Crippen LogP contribution >= 0.6 is 22.6 Å². The molecule has 43 heavy (non-hydrogen) atoms. The first-order chi connectivity index (χ1) is 20.7. The molecule has 232 valence electrons. The smallest absolute Gasteiger partial charge is 0.247 e. The van der Waals surface area contributed by atoms with E-state index in [4.69, 9.17) is 9.47 Å². The molecule has 2 aromatic carbocycles. The lowest BCUT2D eigenvalue weighted by Crippen LogP contribution is -2.54. The summed E-state index contributed by atoms with van der Waals surface area (Å²) in [5.74, 6) is 0.0222. The number of methoxy groups -OCH3 is 1. The average Bonchev–Trinajstić information content (AvgIpc) is 3.54. The molecule has 4 rings (SSSR count). The van der Waals surface area contributed by atoms with E-state index in [1.54, 1.807) is 23.1 Å². The number of ether oxygens (including phenoxy) is 2. The zero-order valence-corrected chi connectivity index (χ0v) is 26.3. The van der Waals surface area contributed by atoms with Gasteiger partial charge in [0.2, 0.25) is 11.8 Å². The molecule has 11 heteroatoms. The summed E-state index contributed by atoms with van der Waals surface area (Å²) in [5.41, 5.74) is 1.36. The minimum atomic E-state index is -1.24. The van der Waals surface area contributed by atoms with Crippen molar-refractivity contribution in [3.8, 4) is 11.5 Å². The molecule has 1 fully saturated rings. The molecular weight excluding hydrogens is 670 g/mol. The average molecular weight is 709 g/mol. The fourth-order valence-electron chi connectivity index (χ4n) is 5.78. The lowest BCUT2D eigenvalue weighted by molar-refractivity contribution is -0.139. The van der Waals surface area contributed by atoms with E-state index in [9.17, 15) is 29.0 Å². The number of benzene rings is 2. The number of carbonyl (C=O) groups excluding carboxylic acids is 3. The number of rotatable bonds is 13. The van der Waals surface area contributed by atoms with Crippen LogP contribution in [0.15, 0.2) is 48.0 Å². The third kappa shape index (κ3) is 8.54. The zero-order chi connectivity index (χ0) is 30.9. The first kappa shape index (κ1) is 32.9. The van der Waals surface area contributed by atoms with Crippen LogP contribution in [0.1, 0.15) is 60.9 Å². The summed E-state index contributed by atoms with van der Waals surface area (Å²) >= 11 is 2.01. The maximum Gasteiger partial charge on any atom is 0.247 e. The third-order valence-corrected chi connectivity index (χ3v) is 8.89. The van der Waals surface area contributed by atoms with Gasteiger partial charge < -0.3 is 29.9 Å². The minimum absolute atomic E-state index is 0.0351. The van der Waals surface area contributed by atoms with E-state index in [0.717, 1.165) is 32.1 Å². The van der Waals surface area contributed by atoms with E-state index in [0.29, 0.717) is 32.5 Å². The standard InChI is InChI=1S/C32H38FIN2O7/c1-42-28-15-22(19-38)14-25(34)31(28)43-27-17-23(32(41)35-12-13-37)16-26(30(27)40)36(18-21-6-9-24(33)10-7-21)29(39)11-8-20-4-2-3-5-20/h6-7,9-10,14-15,17,19-20,26-27,30,37,40H,2-5,8,11-13,16,18H2,1H3,(H,35,41). The van der Waals surface area contributed by atoms with E-state index in [1.807, 2.05) is 22.6 Å². The van der Waals surface area contributed by atoms with Crippen LogP contribution in [0.4, 0.5) is 4.39 Å². The van der Waals surface area contributed by atoms with Crippen molar-refractivity contribution < 1.29 is 38.5 Å². The molecule has 0 bridgehead atoms. The van der Waals surface area contributed by atoms with Gasteiger partial charge in [0.1, 0.15) is 24.3 Å². The molecule has 3 atom stereocenters. The molecule has 3 N–H and O–H groups in total. The van der Waals surface area contributed by atoms with E-state index in [-0.39, 0.29) is 49.9 Å². The Morgan fingerprint density at radius 1 is 1.19 bits per heavy atom. The molecule has 0 heterocycles. The first-order valence-electron chi connectivity index (χ1n) is 14.5. The van der Waals surface area contributed by atoms with Crippen molar-refractivity contribution in [3.63, 3.8) is 0 Å². The van der Waals surface area contributed by atoms with Gasteiger partial charge in [-0.25, -0.2) is 4.39 Å². The number of halogens is 2. The van der Waals surface area contributed by atoms with Crippen molar-refractivity contribution in [2.75, 3.05) is 20.3 Å². The second kappa shape index (κ2) is 15.6. The monoisotopic (exact) mass is 708 g/mol. The van der Waals surface area contributed by atoms with Crippen molar-refractivity contribution in [2.45, 2.75) is 69.7 Å². The Balaban J connectivity index is 1.69. The number of carbonyl (C=O) groups is 3. The molecule has 0 saturated heterocycles. The predicted octanol–water partition coefficient (Wildman–Crippen LogP) is 4.17. The molecule has 0 radical (unpaired) electrons. The van der Waals surface area contributed by atoms with Gasteiger partial charge in [0.25, 0.3) is 0 Å². The summed E-state index contributed by atoms with van der Waals surface area (Å²) in [4.78, 5) is 40.0. The van der Waals surface area contributed by atoms with Gasteiger partial charge in [-0.15, -0.1) is 0 Å². The summed E-state index contributed by atoms with van der Waals surface area (Å²) in [6.45, 7) is -0.105. The number of nitrogens with one attached hydrogen (secondary N) is 1. The van der Waals surface area contributed by atoms with Crippen LogP contribution in [0.5, 0.6) is 11.5 Å². The number of aldehydes is 1. The van der Waals surface area contributed by atoms with E-state index >= 15 is 0 Å². The maximum atomic E-state index is 13.8. The Bertz CT molecular complexity index is 1310. The largest absolute Gasteiger partial charge is 0.493 e.